The summed E-state index contributed by atoms with van der Waals surface area (Å²) in [5.74, 6) is 0.0399. The minimum Gasteiger partial charge on any atom is -0.497 e. The Bertz CT molecular complexity index is 1050. The lowest BCUT2D eigenvalue weighted by atomic mass is 10.0. The molecule has 0 aliphatic carbocycles. The summed E-state index contributed by atoms with van der Waals surface area (Å²) in [7, 11) is 1.53. The number of fused-ring (bicyclic) bond motifs is 1. The van der Waals surface area contributed by atoms with Gasteiger partial charge in [-0.05, 0) is 71.2 Å². The monoisotopic (exact) mass is 416 g/mol. The maximum Gasteiger partial charge on any atom is 0.339 e. The van der Waals surface area contributed by atoms with E-state index in [1.807, 2.05) is 26.0 Å². The first-order chi connectivity index (χ1) is 12.4. The third-order valence-corrected chi connectivity index (χ3v) is 4.89. The van der Waals surface area contributed by atoms with Crippen molar-refractivity contribution in [3.05, 3.63) is 73.5 Å². The van der Waals surface area contributed by atoms with Gasteiger partial charge in [0.15, 0.2) is 0 Å². The van der Waals surface area contributed by atoms with Crippen molar-refractivity contribution in [1.29, 1.82) is 0 Å². The highest BCUT2D eigenvalue weighted by Gasteiger charge is 2.15. The number of ether oxygens (including phenoxy) is 2. The van der Waals surface area contributed by atoms with E-state index >= 15 is 0 Å². The minimum absolute atomic E-state index is 0.0346. The van der Waals surface area contributed by atoms with E-state index in [9.17, 15) is 9.59 Å². The molecule has 0 saturated carbocycles. The Morgan fingerprint density at radius 1 is 1.12 bits per heavy atom. The minimum atomic E-state index is -0.513. The molecular weight excluding hydrogens is 400 g/mol. The maximum absolute atomic E-state index is 12.4. The summed E-state index contributed by atoms with van der Waals surface area (Å²) >= 11 is 3.33. The molecule has 0 radical (unpaired) electrons. The quantitative estimate of drug-likeness (QED) is 0.461. The van der Waals surface area contributed by atoms with Crippen LogP contribution in [0.5, 0.6) is 5.75 Å². The Hall–Kier alpha value is -2.60. The second-order valence-electron chi connectivity index (χ2n) is 5.95. The zero-order valence-corrected chi connectivity index (χ0v) is 16.2. The molecular formula is C20H17BrO5. The van der Waals surface area contributed by atoms with Crippen LogP contribution >= 0.6 is 15.9 Å². The van der Waals surface area contributed by atoms with Gasteiger partial charge in [-0.25, -0.2) is 9.59 Å². The van der Waals surface area contributed by atoms with E-state index in [-0.39, 0.29) is 6.61 Å². The van der Waals surface area contributed by atoms with Gasteiger partial charge in [-0.2, -0.15) is 0 Å². The number of rotatable bonds is 4. The van der Waals surface area contributed by atoms with Crippen molar-refractivity contribution in [2.24, 2.45) is 0 Å². The fraction of sp³-hybridized carbons (Fsp3) is 0.200. The van der Waals surface area contributed by atoms with E-state index < -0.39 is 11.6 Å². The molecule has 6 heteroatoms. The second-order valence-corrected chi connectivity index (χ2v) is 6.80. The van der Waals surface area contributed by atoms with Crippen molar-refractivity contribution in [2.45, 2.75) is 20.5 Å². The summed E-state index contributed by atoms with van der Waals surface area (Å²) in [6.07, 6.45) is 0. The second kappa shape index (κ2) is 7.33. The molecule has 0 spiro atoms. The smallest absolute Gasteiger partial charge is 0.339 e. The Morgan fingerprint density at radius 2 is 1.85 bits per heavy atom. The molecule has 0 N–H and O–H groups in total. The number of halogens is 1. The van der Waals surface area contributed by atoms with Crippen LogP contribution in [0.2, 0.25) is 0 Å². The summed E-state index contributed by atoms with van der Waals surface area (Å²) in [5.41, 5.74) is 3.04. The Kier molecular flexibility index (Phi) is 5.13. The van der Waals surface area contributed by atoms with E-state index in [1.54, 1.807) is 18.2 Å². The van der Waals surface area contributed by atoms with Gasteiger partial charge in [-0.3, -0.25) is 0 Å². The SMILES string of the molecule is COc1ccc(Br)c(C(=O)OCc2cc(=O)oc3cc(C)c(C)cc23)c1. The molecule has 1 heterocycles. The largest absolute Gasteiger partial charge is 0.497 e. The normalized spacial score (nSPS) is 10.8. The van der Waals surface area contributed by atoms with Crippen LogP contribution in [0, 0.1) is 13.8 Å². The number of benzene rings is 2. The predicted octanol–water partition coefficient (Wildman–Crippen LogP) is 4.54. The first-order valence-electron chi connectivity index (χ1n) is 7.93. The fourth-order valence-electron chi connectivity index (χ4n) is 2.61. The lowest BCUT2D eigenvalue weighted by Crippen LogP contribution is -2.09. The summed E-state index contributed by atoms with van der Waals surface area (Å²) in [5, 5.41) is 0.755. The Labute approximate surface area is 158 Å². The highest BCUT2D eigenvalue weighted by atomic mass is 79.9. The van der Waals surface area contributed by atoms with Gasteiger partial charge in [0, 0.05) is 21.5 Å². The molecule has 0 aliphatic heterocycles. The molecule has 2 aromatic carbocycles. The molecule has 3 rings (SSSR count). The van der Waals surface area contributed by atoms with Gasteiger partial charge in [-0.1, -0.05) is 0 Å². The molecule has 0 saturated heterocycles. The van der Waals surface area contributed by atoms with Gasteiger partial charge in [-0.15, -0.1) is 0 Å². The number of aryl methyl sites for hydroxylation is 2. The van der Waals surface area contributed by atoms with Gasteiger partial charge in [0.2, 0.25) is 0 Å². The van der Waals surface area contributed by atoms with Crippen molar-refractivity contribution in [3.63, 3.8) is 0 Å². The average Bonchev–Trinajstić information content (AvgIpc) is 2.61. The predicted molar refractivity (Wildman–Crippen MR) is 102 cm³/mol. The standard InChI is InChI=1S/C20H17BrO5/c1-11-6-15-13(8-19(22)26-18(15)7-12(11)2)10-25-20(23)16-9-14(24-3)4-5-17(16)21/h4-9H,10H2,1-3H3. The molecule has 0 bridgehead atoms. The molecule has 5 nitrogen and oxygen atoms in total. The first-order valence-corrected chi connectivity index (χ1v) is 8.73. The third kappa shape index (κ3) is 3.65. The van der Waals surface area contributed by atoms with Crippen LogP contribution < -0.4 is 10.4 Å². The van der Waals surface area contributed by atoms with Gasteiger partial charge in [0.1, 0.15) is 17.9 Å². The molecule has 134 valence electrons. The molecule has 1 aromatic heterocycles. The van der Waals surface area contributed by atoms with Crippen LogP contribution in [0.4, 0.5) is 0 Å². The molecule has 0 aliphatic rings. The van der Waals surface area contributed by atoms with Crippen molar-refractivity contribution in [2.75, 3.05) is 7.11 Å². The highest BCUT2D eigenvalue weighted by Crippen LogP contribution is 2.25. The molecule has 26 heavy (non-hydrogen) atoms. The molecule has 0 unspecified atom stereocenters. The number of carbonyl (C=O) groups excluding carboxylic acids is 1. The van der Waals surface area contributed by atoms with E-state index in [1.165, 1.54) is 13.2 Å². The summed E-state index contributed by atoms with van der Waals surface area (Å²) in [4.78, 5) is 24.3. The highest BCUT2D eigenvalue weighted by molar-refractivity contribution is 9.10. The molecule has 0 amide bonds. The molecule has 3 aromatic rings. The maximum atomic E-state index is 12.4. The van der Waals surface area contributed by atoms with Crippen molar-refractivity contribution in [1.82, 2.24) is 0 Å². The number of hydrogen-bond donors (Lipinski definition) is 0. The van der Waals surface area contributed by atoms with Crippen molar-refractivity contribution in [3.8, 4) is 5.75 Å². The van der Waals surface area contributed by atoms with Gasteiger partial charge in [0.05, 0.1) is 12.7 Å². The van der Waals surface area contributed by atoms with Crippen LogP contribution in [-0.4, -0.2) is 13.1 Å². The van der Waals surface area contributed by atoms with Gasteiger partial charge < -0.3 is 13.9 Å². The van der Waals surface area contributed by atoms with Crippen molar-refractivity contribution < 1.29 is 18.7 Å². The number of hydrogen-bond acceptors (Lipinski definition) is 5. The zero-order valence-electron chi connectivity index (χ0n) is 14.6. The fourth-order valence-corrected chi connectivity index (χ4v) is 3.02. The lowest BCUT2D eigenvalue weighted by molar-refractivity contribution is 0.0472. The summed E-state index contributed by atoms with van der Waals surface area (Å²) in [6, 6.07) is 10.1. The zero-order chi connectivity index (χ0) is 18.8. The van der Waals surface area contributed by atoms with Crippen LogP contribution in [0.3, 0.4) is 0 Å². The van der Waals surface area contributed by atoms with Crippen LogP contribution in [-0.2, 0) is 11.3 Å². The Balaban J connectivity index is 1.91. The van der Waals surface area contributed by atoms with E-state index in [0.717, 1.165) is 16.5 Å². The molecule has 0 atom stereocenters. The van der Waals surface area contributed by atoms with E-state index in [0.29, 0.717) is 26.9 Å². The van der Waals surface area contributed by atoms with Gasteiger partial charge >= 0.3 is 11.6 Å². The first kappa shape index (κ1) is 18.2. The Morgan fingerprint density at radius 3 is 2.58 bits per heavy atom. The van der Waals surface area contributed by atoms with E-state index in [2.05, 4.69) is 15.9 Å². The summed E-state index contributed by atoms with van der Waals surface area (Å²) < 4.78 is 16.4. The number of carbonyl (C=O) groups is 1. The van der Waals surface area contributed by atoms with Crippen LogP contribution in [0.1, 0.15) is 27.0 Å². The molecule has 0 fully saturated rings. The van der Waals surface area contributed by atoms with Gasteiger partial charge in [0.25, 0.3) is 0 Å². The number of esters is 1. The van der Waals surface area contributed by atoms with Crippen LogP contribution in [0.25, 0.3) is 11.0 Å². The average molecular weight is 417 g/mol. The third-order valence-electron chi connectivity index (χ3n) is 4.20. The number of methoxy groups -OCH3 is 1. The van der Waals surface area contributed by atoms with E-state index in [4.69, 9.17) is 13.9 Å². The lowest BCUT2D eigenvalue weighted by Gasteiger charge is -2.10. The van der Waals surface area contributed by atoms with Crippen molar-refractivity contribution >= 4 is 32.9 Å². The van der Waals surface area contributed by atoms with Crippen LogP contribution in [0.15, 0.2) is 50.1 Å². The summed E-state index contributed by atoms with van der Waals surface area (Å²) in [6.45, 7) is 3.89. The topological polar surface area (TPSA) is 65.7 Å².